The van der Waals surface area contributed by atoms with Gasteiger partial charge in [0.1, 0.15) is 19.9 Å². The van der Waals surface area contributed by atoms with Crippen molar-refractivity contribution in [3.8, 4) is 0 Å². The van der Waals surface area contributed by atoms with E-state index in [2.05, 4.69) is 16.8 Å². The Bertz CT molecular complexity index is 193. The summed E-state index contributed by atoms with van der Waals surface area (Å²) >= 11 is 0. The van der Waals surface area contributed by atoms with Crippen molar-refractivity contribution in [2.75, 3.05) is 46.7 Å². The smallest absolute Gasteiger partial charge is 0.137 e. The molecule has 0 saturated carbocycles. The van der Waals surface area contributed by atoms with Crippen LogP contribution in [-0.4, -0.2) is 66.5 Å². The summed E-state index contributed by atoms with van der Waals surface area (Å²) in [4.78, 5) is 4.97. The van der Waals surface area contributed by atoms with Crippen molar-refractivity contribution in [1.29, 1.82) is 0 Å². The number of hydrogen-bond acceptors (Lipinski definition) is 3. The van der Waals surface area contributed by atoms with E-state index >= 15 is 0 Å². The predicted octanol–water partition coefficient (Wildman–Crippen LogP) is -1.35. The molecule has 0 amide bonds. The zero-order valence-corrected chi connectivity index (χ0v) is 7.66. The molecule has 4 heteroatoms. The molecule has 2 atom stereocenters. The second-order valence-corrected chi connectivity index (χ2v) is 5.22. The highest BCUT2D eigenvalue weighted by Gasteiger charge is 2.53. The third-order valence-corrected chi connectivity index (χ3v) is 3.26. The summed E-state index contributed by atoms with van der Waals surface area (Å²) in [7, 11) is 2.32. The van der Waals surface area contributed by atoms with Crippen LogP contribution in [0.25, 0.3) is 0 Å². The highest BCUT2D eigenvalue weighted by molar-refractivity contribution is 4.98. The van der Waals surface area contributed by atoms with E-state index < -0.39 is 0 Å². The van der Waals surface area contributed by atoms with Crippen LogP contribution < -0.4 is 5.73 Å². The molecule has 2 unspecified atom stereocenters. The first-order chi connectivity index (χ1) is 5.57. The quantitative estimate of drug-likeness (QED) is 0.455. The monoisotopic (exact) mass is 169 g/mol. The average Bonchev–Trinajstić information content (AvgIpc) is 1.75. The van der Waals surface area contributed by atoms with Gasteiger partial charge in [-0.25, -0.2) is 9.80 Å². The van der Waals surface area contributed by atoms with Crippen molar-refractivity contribution >= 4 is 0 Å². The molecule has 4 bridgehead atoms. The molecule has 0 spiro atoms. The van der Waals surface area contributed by atoms with Gasteiger partial charge >= 0.3 is 0 Å². The molecule has 68 valence electrons. The average molecular weight is 169 g/mol. The molecule has 0 radical (unpaired) electrons. The summed E-state index contributed by atoms with van der Waals surface area (Å²) in [6, 6.07) is 0. The van der Waals surface area contributed by atoms with Crippen molar-refractivity contribution in [2.24, 2.45) is 5.73 Å². The maximum atomic E-state index is 6.31. The lowest BCUT2D eigenvalue weighted by molar-refractivity contribution is -0.953. The van der Waals surface area contributed by atoms with Crippen LogP contribution in [0.2, 0.25) is 0 Å². The predicted molar refractivity (Wildman–Crippen MR) is 46.0 cm³/mol. The van der Waals surface area contributed by atoms with E-state index in [4.69, 9.17) is 5.73 Å². The molecule has 4 saturated heterocycles. The zero-order valence-electron chi connectivity index (χ0n) is 7.66. The molecule has 0 aromatic carbocycles. The zero-order chi connectivity index (χ0) is 8.40. The van der Waals surface area contributed by atoms with Gasteiger partial charge in [-0.05, 0) is 0 Å². The number of nitrogens with two attached hydrogens (primary N) is 1. The maximum absolute atomic E-state index is 6.31. The molecule has 0 aliphatic carbocycles. The summed E-state index contributed by atoms with van der Waals surface area (Å²) in [5.74, 6) is 0. The van der Waals surface area contributed by atoms with Crippen LogP contribution >= 0.6 is 0 Å². The second-order valence-electron chi connectivity index (χ2n) is 5.22. The van der Waals surface area contributed by atoms with Gasteiger partial charge < -0.3 is 5.73 Å². The van der Waals surface area contributed by atoms with Crippen molar-refractivity contribution in [1.82, 2.24) is 9.80 Å². The molecule has 4 heterocycles. The fourth-order valence-corrected chi connectivity index (χ4v) is 3.48. The van der Waals surface area contributed by atoms with E-state index in [0.717, 1.165) is 24.2 Å². The summed E-state index contributed by atoms with van der Waals surface area (Å²) in [5, 5.41) is 0. The molecule has 4 nitrogen and oxygen atoms in total. The number of likely N-dealkylation sites (N-methyl/N-ethyl adjacent to an activating group) is 1. The first-order valence-corrected chi connectivity index (χ1v) is 4.64. The molecular weight excluding hydrogens is 152 g/mol. The molecule has 12 heavy (non-hydrogen) atoms. The Balaban J connectivity index is 1.98. The van der Waals surface area contributed by atoms with Gasteiger partial charge in [0.2, 0.25) is 0 Å². The minimum atomic E-state index is 0.0868. The van der Waals surface area contributed by atoms with E-state index in [0.29, 0.717) is 0 Å². The first-order valence-electron chi connectivity index (χ1n) is 4.64. The van der Waals surface area contributed by atoms with Crippen LogP contribution in [0.5, 0.6) is 0 Å². The van der Waals surface area contributed by atoms with Crippen molar-refractivity contribution in [3.05, 3.63) is 0 Å². The Labute approximate surface area is 73.1 Å². The Morgan fingerprint density at radius 3 is 2.25 bits per heavy atom. The van der Waals surface area contributed by atoms with Gasteiger partial charge in [0.15, 0.2) is 0 Å². The molecule has 4 fully saturated rings. The molecule has 4 aliphatic rings. The van der Waals surface area contributed by atoms with Gasteiger partial charge in [-0.15, -0.1) is 0 Å². The fourth-order valence-electron chi connectivity index (χ4n) is 3.48. The van der Waals surface area contributed by atoms with E-state index in [9.17, 15) is 0 Å². The van der Waals surface area contributed by atoms with Gasteiger partial charge in [0.25, 0.3) is 0 Å². The standard InChI is InChI=1S/C8H17N4/c1-12-4-8(9)2-10(6-12)5-11(3-8)7-12/h2-7,9H2,1H3/q+1. The highest BCUT2D eigenvalue weighted by Crippen LogP contribution is 2.31. The van der Waals surface area contributed by atoms with Gasteiger partial charge in [-0.1, -0.05) is 0 Å². The number of rotatable bonds is 0. The summed E-state index contributed by atoms with van der Waals surface area (Å²) in [6.45, 7) is 6.94. The first kappa shape index (κ1) is 7.26. The van der Waals surface area contributed by atoms with Gasteiger partial charge in [0, 0.05) is 13.1 Å². The topological polar surface area (TPSA) is 32.5 Å². The molecule has 4 rings (SSSR count). The normalized spacial score (nSPS) is 62.5. The van der Waals surface area contributed by atoms with Crippen molar-refractivity contribution in [3.63, 3.8) is 0 Å². The van der Waals surface area contributed by atoms with E-state index in [-0.39, 0.29) is 5.54 Å². The molecule has 0 aromatic heterocycles. The minimum Gasteiger partial charge on any atom is -0.318 e. The molecular formula is C8H17N4+. The minimum absolute atomic E-state index is 0.0868. The van der Waals surface area contributed by atoms with Crippen LogP contribution in [0.1, 0.15) is 0 Å². The molecule has 4 aliphatic heterocycles. The molecule has 0 aromatic rings. The Hall–Kier alpha value is -0.160. The number of hydrogen-bond donors (Lipinski definition) is 1. The van der Waals surface area contributed by atoms with E-state index in [1.807, 2.05) is 0 Å². The summed E-state index contributed by atoms with van der Waals surface area (Å²) in [5.41, 5.74) is 6.39. The fraction of sp³-hybridized carbons (Fsp3) is 1.00. The van der Waals surface area contributed by atoms with Crippen LogP contribution in [0.3, 0.4) is 0 Å². The lowest BCUT2D eigenvalue weighted by atomic mass is 9.91. The van der Waals surface area contributed by atoms with Crippen LogP contribution in [0.15, 0.2) is 0 Å². The Kier molecular flexibility index (Phi) is 1.12. The summed E-state index contributed by atoms with van der Waals surface area (Å²) < 4.78 is 1.14. The highest BCUT2D eigenvalue weighted by atomic mass is 15.6. The lowest BCUT2D eigenvalue weighted by Crippen LogP contribution is -2.83. The van der Waals surface area contributed by atoms with E-state index in [1.54, 1.807) is 0 Å². The lowest BCUT2D eigenvalue weighted by Gasteiger charge is -2.62. The van der Waals surface area contributed by atoms with Crippen LogP contribution in [0, 0.1) is 0 Å². The van der Waals surface area contributed by atoms with E-state index in [1.165, 1.54) is 19.9 Å². The van der Waals surface area contributed by atoms with Gasteiger partial charge in [-0.3, -0.25) is 4.48 Å². The third-order valence-electron chi connectivity index (χ3n) is 3.26. The maximum Gasteiger partial charge on any atom is 0.137 e. The Morgan fingerprint density at radius 1 is 1.25 bits per heavy atom. The number of quaternary nitrogens is 1. The van der Waals surface area contributed by atoms with Crippen LogP contribution in [0.4, 0.5) is 0 Å². The third kappa shape index (κ3) is 0.864. The number of nitrogens with zero attached hydrogens (tertiary/aromatic N) is 3. The summed E-state index contributed by atoms with van der Waals surface area (Å²) in [6.07, 6.45) is 0. The SMILES string of the molecule is C[N+]12CN3CN(CC(N)(C3)C1)C2. The second kappa shape index (κ2) is 1.85. The van der Waals surface area contributed by atoms with Gasteiger partial charge in [-0.2, -0.15) is 0 Å². The van der Waals surface area contributed by atoms with Gasteiger partial charge in [0.05, 0.1) is 19.3 Å². The van der Waals surface area contributed by atoms with Crippen molar-refractivity contribution < 1.29 is 4.48 Å². The van der Waals surface area contributed by atoms with Crippen molar-refractivity contribution in [2.45, 2.75) is 5.54 Å². The Morgan fingerprint density at radius 2 is 1.83 bits per heavy atom. The molecule has 2 N–H and O–H groups in total. The largest absolute Gasteiger partial charge is 0.318 e. The van der Waals surface area contributed by atoms with Crippen LogP contribution in [-0.2, 0) is 0 Å².